The lowest BCUT2D eigenvalue weighted by Crippen LogP contribution is -2.22. The Labute approximate surface area is 147 Å². The Morgan fingerprint density at radius 1 is 0.880 bits per heavy atom. The molecule has 2 aromatic carbocycles. The Hall–Kier alpha value is -2.53. The van der Waals surface area contributed by atoms with Crippen LogP contribution in [-0.2, 0) is 9.84 Å². The molecule has 0 N–H and O–H groups in total. The molecule has 5 heteroatoms. The van der Waals surface area contributed by atoms with E-state index in [1.54, 1.807) is 25.1 Å². The first kappa shape index (κ1) is 16.0. The van der Waals surface area contributed by atoms with Crippen LogP contribution in [0.4, 0.5) is 17.3 Å². The second kappa shape index (κ2) is 5.23. The molecule has 3 aromatic rings. The summed E-state index contributed by atoms with van der Waals surface area (Å²) in [5, 5.41) is 0. The van der Waals surface area contributed by atoms with Crippen molar-refractivity contribution in [3.05, 3.63) is 64.9 Å². The van der Waals surface area contributed by atoms with Gasteiger partial charge in [0.2, 0.25) is 15.7 Å². The monoisotopic (exact) mass is 353 g/mol. The SMILES string of the molecule is Cc1cc(C)c(N2c3ccccc3S(=O)(=O)c3cc(C)oc32)c(C)c1. The average molecular weight is 353 g/mol. The van der Waals surface area contributed by atoms with Gasteiger partial charge in [0.1, 0.15) is 10.7 Å². The largest absolute Gasteiger partial charge is 0.444 e. The minimum atomic E-state index is -3.59. The van der Waals surface area contributed by atoms with Crippen LogP contribution in [0.3, 0.4) is 0 Å². The molecule has 0 bridgehead atoms. The molecule has 0 atom stereocenters. The molecular formula is C20H19NO3S. The lowest BCUT2D eigenvalue weighted by Gasteiger charge is -2.31. The highest BCUT2D eigenvalue weighted by Crippen LogP contribution is 2.50. The lowest BCUT2D eigenvalue weighted by atomic mass is 10.0. The average Bonchev–Trinajstić information content (AvgIpc) is 2.92. The first-order valence-electron chi connectivity index (χ1n) is 8.13. The quantitative estimate of drug-likeness (QED) is 0.476. The minimum Gasteiger partial charge on any atom is -0.444 e. The van der Waals surface area contributed by atoms with Crippen LogP contribution in [0.25, 0.3) is 0 Å². The predicted molar refractivity (Wildman–Crippen MR) is 97.8 cm³/mol. The van der Waals surface area contributed by atoms with Gasteiger partial charge in [-0.1, -0.05) is 29.8 Å². The summed E-state index contributed by atoms with van der Waals surface area (Å²) in [7, 11) is -3.59. The van der Waals surface area contributed by atoms with Crippen molar-refractivity contribution in [3.8, 4) is 0 Å². The van der Waals surface area contributed by atoms with Crippen LogP contribution in [-0.4, -0.2) is 8.42 Å². The van der Waals surface area contributed by atoms with E-state index >= 15 is 0 Å². The van der Waals surface area contributed by atoms with E-state index in [9.17, 15) is 8.42 Å². The van der Waals surface area contributed by atoms with E-state index in [1.807, 2.05) is 30.9 Å². The number of sulfone groups is 1. The fraction of sp³-hybridized carbons (Fsp3) is 0.200. The van der Waals surface area contributed by atoms with Gasteiger partial charge in [0, 0.05) is 6.07 Å². The molecule has 25 heavy (non-hydrogen) atoms. The van der Waals surface area contributed by atoms with Gasteiger partial charge in [-0.2, -0.15) is 0 Å². The Morgan fingerprint density at radius 3 is 2.20 bits per heavy atom. The summed E-state index contributed by atoms with van der Waals surface area (Å²) in [4.78, 5) is 2.47. The number of benzene rings is 2. The zero-order chi connectivity index (χ0) is 17.9. The van der Waals surface area contributed by atoms with Gasteiger partial charge in [-0.25, -0.2) is 8.42 Å². The third kappa shape index (κ3) is 2.23. The molecule has 4 nitrogen and oxygen atoms in total. The van der Waals surface area contributed by atoms with Gasteiger partial charge in [0.05, 0.1) is 16.3 Å². The summed E-state index contributed by atoms with van der Waals surface area (Å²) in [5.41, 5.74) is 4.91. The van der Waals surface area contributed by atoms with Gasteiger partial charge in [-0.3, -0.25) is 4.90 Å². The van der Waals surface area contributed by atoms with Crippen molar-refractivity contribution in [3.63, 3.8) is 0 Å². The highest BCUT2D eigenvalue weighted by Gasteiger charge is 2.38. The van der Waals surface area contributed by atoms with Gasteiger partial charge < -0.3 is 4.42 Å². The molecule has 0 fully saturated rings. The first-order valence-corrected chi connectivity index (χ1v) is 9.61. The molecule has 2 heterocycles. The van der Waals surface area contributed by atoms with Crippen LogP contribution in [0.5, 0.6) is 0 Å². The van der Waals surface area contributed by atoms with Crippen molar-refractivity contribution in [1.29, 1.82) is 0 Å². The van der Waals surface area contributed by atoms with Crippen molar-refractivity contribution >= 4 is 27.1 Å². The van der Waals surface area contributed by atoms with E-state index in [0.29, 0.717) is 22.2 Å². The van der Waals surface area contributed by atoms with E-state index in [4.69, 9.17) is 4.42 Å². The summed E-state index contributed by atoms with van der Waals surface area (Å²) in [6, 6.07) is 12.9. The van der Waals surface area contributed by atoms with Crippen LogP contribution in [0.15, 0.2) is 56.7 Å². The molecule has 0 radical (unpaired) electrons. The summed E-state index contributed by atoms with van der Waals surface area (Å²) in [6.07, 6.45) is 0. The van der Waals surface area contributed by atoms with Crippen molar-refractivity contribution in [2.24, 2.45) is 0 Å². The highest BCUT2D eigenvalue weighted by molar-refractivity contribution is 7.92. The first-order chi connectivity index (χ1) is 11.8. The Kier molecular flexibility index (Phi) is 3.34. The van der Waals surface area contributed by atoms with Crippen molar-refractivity contribution < 1.29 is 12.8 Å². The second-order valence-electron chi connectivity index (χ2n) is 6.58. The number of nitrogens with zero attached hydrogens (tertiary/aromatic N) is 1. The predicted octanol–water partition coefficient (Wildman–Crippen LogP) is 5.13. The second-order valence-corrected chi connectivity index (χ2v) is 8.47. The van der Waals surface area contributed by atoms with Gasteiger partial charge in [0.15, 0.2) is 0 Å². The fourth-order valence-electron chi connectivity index (χ4n) is 3.67. The molecule has 0 saturated carbocycles. The lowest BCUT2D eigenvalue weighted by molar-refractivity contribution is 0.532. The number of para-hydroxylation sites is 1. The minimum absolute atomic E-state index is 0.225. The summed E-state index contributed by atoms with van der Waals surface area (Å²) in [6.45, 7) is 7.90. The zero-order valence-corrected chi connectivity index (χ0v) is 15.4. The van der Waals surface area contributed by atoms with Crippen LogP contribution < -0.4 is 4.90 Å². The maximum atomic E-state index is 13.0. The topological polar surface area (TPSA) is 50.5 Å². The Balaban J connectivity index is 2.12. The molecule has 128 valence electrons. The molecule has 0 aliphatic carbocycles. The molecule has 1 aromatic heterocycles. The Morgan fingerprint density at radius 2 is 1.52 bits per heavy atom. The third-order valence-electron chi connectivity index (χ3n) is 4.55. The van der Waals surface area contributed by atoms with E-state index in [-0.39, 0.29) is 4.90 Å². The molecule has 0 unspecified atom stereocenters. The molecule has 0 amide bonds. The van der Waals surface area contributed by atoms with Gasteiger partial charge in [0.25, 0.3) is 0 Å². The smallest absolute Gasteiger partial charge is 0.223 e. The normalized spacial score (nSPS) is 15.0. The third-order valence-corrected chi connectivity index (χ3v) is 6.35. The molecular weight excluding hydrogens is 334 g/mol. The van der Waals surface area contributed by atoms with E-state index in [2.05, 4.69) is 19.1 Å². The number of furan rings is 1. The molecule has 1 aliphatic heterocycles. The number of hydrogen-bond acceptors (Lipinski definition) is 4. The van der Waals surface area contributed by atoms with Crippen molar-refractivity contribution in [2.45, 2.75) is 37.5 Å². The molecule has 1 aliphatic rings. The van der Waals surface area contributed by atoms with Gasteiger partial charge in [-0.15, -0.1) is 0 Å². The maximum absolute atomic E-state index is 13.0. The van der Waals surface area contributed by atoms with Gasteiger partial charge >= 0.3 is 0 Å². The number of aryl methyl sites for hydroxylation is 4. The van der Waals surface area contributed by atoms with Crippen LogP contribution >= 0.6 is 0 Å². The number of hydrogen-bond donors (Lipinski definition) is 0. The summed E-state index contributed by atoms with van der Waals surface area (Å²) >= 11 is 0. The standard InChI is InChI=1S/C20H19NO3S/c1-12-9-13(2)19(14(3)10-12)21-16-7-5-6-8-17(16)25(22,23)18-11-15(4)24-20(18)21/h5-11H,1-4H3. The van der Waals surface area contributed by atoms with E-state index in [0.717, 1.165) is 16.8 Å². The van der Waals surface area contributed by atoms with Gasteiger partial charge in [-0.05, 0) is 51.0 Å². The number of rotatable bonds is 1. The van der Waals surface area contributed by atoms with Crippen molar-refractivity contribution in [2.75, 3.05) is 4.90 Å². The Bertz CT molecular complexity index is 1090. The molecule has 0 saturated heterocycles. The van der Waals surface area contributed by atoms with Crippen LogP contribution in [0.2, 0.25) is 0 Å². The van der Waals surface area contributed by atoms with Crippen molar-refractivity contribution in [1.82, 2.24) is 0 Å². The zero-order valence-electron chi connectivity index (χ0n) is 14.6. The summed E-state index contributed by atoms with van der Waals surface area (Å²) < 4.78 is 31.9. The number of anilines is 3. The van der Waals surface area contributed by atoms with Crippen LogP contribution in [0, 0.1) is 27.7 Å². The summed E-state index contributed by atoms with van der Waals surface area (Å²) in [5.74, 6) is 0.944. The molecule has 0 spiro atoms. The number of fused-ring (bicyclic) bond motifs is 2. The van der Waals surface area contributed by atoms with E-state index < -0.39 is 9.84 Å². The highest BCUT2D eigenvalue weighted by atomic mass is 32.2. The van der Waals surface area contributed by atoms with Crippen LogP contribution in [0.1, 0.15) is 22.5 Å². The fourth-order valence-corrected chi connectivity index (χ4v) is 5.28. The molecule has 4 rings (SSSR count). The maximum Gasteiger partial charge on any atom is 0.223 e. The van der Waals surface area contributed by atoms with E-state index in [1.165, 1.54) is 5.56 Å².